The molecule has 6 nitrogen and oxygen atoms in total. The molecule has 25 heavy (non-hydrogen) atoms. The molecule has 1 aliphatic rings. The molecule has 3 rings (SSSR count). The average Bonchev–Trinajstić information content (AvgIpc) is 2.54. The predicted octanol–water partition coefficient (Wildman–Crippen LogP) is 2.96. The maximum atomic E-state index is 13.0. The Labute approximate surface area is 152 Å². The number of hydrogen-bond acceptors (Lipinski definition) is 4. The third kappa shape index (κ3) is 3.83. The van der Waals surface area contributed by atoms with Crippen LogP contribution in [0.3, 0.4) is 0 Å². The van der Waals surface area contributed by atoms with Crippen molar-refractivity contribution in [2.75, 3.05) is 11.9 Å². The van der Waals surface area contributed by atoms with Gasteiger partial charge in [0.1, 0.15) is 16.5 Å². The van der Waals surface area contributed by atoms with Gasteiger partial charge >= 0.3 is 0 Å². The van der Waals surface area contributed by atoms with Gasteiger partial charge in [-0.3, -0.25) is 4.79 Å². The van der Waals surface area contributed by atoms with Crippen molar-refractivity contribution in [3.8, 4) is 5.75 Å². The summed E-state index contributed by atoms with van der Waals surface area (Å²) in [7, 11) is -3.88. The third-order valence-electron chi connectivity index (χ3n) is 3.66. The molecule has 2 aromatic rings. The van der Waals surface area contributed by atoms with E-state index in [1.54, 1.807) is 6.92 Å². The number of carbonyl (C=O) groups is 1. The second-order valence-corrected chi connectivity index (χ2v) is 8.05. The van der Waals surface area contributed by atoms with Gasteiger partial charge in [0.05, 0.1) is 5.69 Å². The molecule has 0 unspecified atom stereocenters. The van der Waals surface area contributed by atoms with Crippen molar-refractivity contribution in [2.24, 2.45) is 0 Å². The minimum atomic E-state index is -3.88. The number of sulfonamides is 1. The highest BCUT2D eigenvalue weighted by Gasteiger charge is 2.25. The lowest BCUT2D eigenvalue weighted by Crippen LogP contribution is -2.28. The van der Waals surface area contributed by atoms with E-state index in [0.717, 1.165) is 0 Å². The highest BCUT2D eigenvalue weighted by Crippen LogP contribution is 2.36. The first-order valence-electron chi connectivity index (χ1n) is 7.30. The Hall–Kier alpha value is -1.97. The number of fused-ring (bicyclic) bond motifs is 1. The minimum Gasteiger partial charge on any atom is -0.482 e. The second-order valence-electron chi connectivity index (χ2n) is 5.51. The quantitative estimate of drug-likeness (QED) is 0.783. The number of amides is 1. The zero-order valence-corrected chi connectivity index (χ0v) is 15.4. The number of nitrogens with one attached hydrogen (secondary N) is 2. The Morgan fingerprint density at radius 2 is 1.96 bits per heavy atom. The first-order valence-corrected chi connectivity index (χ1v) is 9.58. The Bertz CT molecular complexity index is 932. The van der Waals surface area contributed by atoms with Crippen LogP contribution in [0, 0.1) is 5.82 Å². The van der Waals surface area contributed by atoms with Crippen molar-refractivity contribution in [1.29, 1.82) is 0 Å². The van der Waals surface area contributed by atoms with E-state index in [9.17, 15) is 17.6 Å². The van der Waals surface area contributed by atoms with E-state index in [1.165, 1.54) is 36.4 Å². The van der Waals surface area contributed by atoms with Crippen molar-refractivity contribution in [3.63, 3.8) is 0 Å². The summed E-state index contributed by atoms with van der Waals surface area (Å²) in [5, 5.41) is 2.61. The number of carbonyl (C=O) groups excluding carboxylic acids is 1. The first kappa shape index (κ1) is 17.8. The fraction of sp³-hybridized carbons (Fsp3) is 0.188. The Morgan fingerprint density at radius 3 is 2.64 bits per heavy atom. The van der Waals surface area contributed by atoms with Crippen LogP contribution in [-0.2, 0) is 14.8 Å². The molecule has 2 aromatic carbocycles. The largest absolute Gasteiger partial charge is 0.482 e. The molecule has 0 spiro atoms. The summed E-state index contributed by atoms with van der Waals surface area (Å²) in [5.41, 5.74) is 1.02. The van der Waals surface area contributed by atoms with E-state index < -0.39 is 21.9 Å². The van der Waals surface area contributed by atoms with Gasteiger partial charge < -0.3 is 10.1 Å². The van der Waals surface area contributed by atoms with Gasteiger partial charge in [-0.1, -0.05) is 12.1 Å². The van der Waals surface area contributed by atoms with Crippen molar-refractivity contribution in [1.82, 2.24) is 4.72 Å². The molecular formula is C16H14BrFN2O4S. The molecule has 0 radical (unpaired) electrons. The smallest absolute Gasteiger partial charge is 0.262 e. The van der Waals surface area contributed by atoms with Gasteiger partial charge in [0, 0.05) is 16.6 Å². The Kier molecular flexibility index (Phi) is 4.81. The van der Waals surface area contributed by atoms with Crippen molar-refractivity contribution >= 4 is 37.5 Å². The fourth-order valence-electron chi connectivity index (χ4n) is 2.40. The van der Waals surface area contributed by atoms with Gasteiger partial charge in [-0.25, -0.2) is 17.5 Å². The van der Waals surface area contributed by atoms with Crippen molar-refractivity contribution in [2.45, 2.75) is 17.9 Å². The van der Waals surface area contributed by atoms with Crippen LogP contribution in [0.5, 0.6) is 5.75 Å². The Morgan fingerprint density at radius 1 is 1.28 bits per heavy atom. The molecule has 0 bridgehead atoms. The first-order chi connectivity index (χ1) is 11.8. The van der Waals surface area contributed by atoms with Gasteiger partial charge in [-0.15, -0.1) is 0 Å². The fourth-order valence-corrected chi connectivity index (χ4v) is 4.69. The van der Waals surface area contributed by atoms with Crippen molar-refractivity contribution < 1.29 is 22.3 Å². The van der Waals surface area contributed by atoms with Crippen LogP contribution in [0.2, 0.25) is 0 Å². The molecule has 0 saturated carbocycles. The second kappa shape index (κ2) is 6.74. The van der Waals surface area contributed by atoms with E-state index in [1.807, 2.05) is 0 Å². The van der Waals surface area contributed by atoms with Crippen LogP contribution >= 0.6 is 15.9 Å². The normalized spacial score (nSPS) is 15.1. The highest BCUT2D eigenvalue weighted by molar-refractivity contribution is 9.10. The topological polar surface area (TPSA) is 84.5 Å². The number of benzene rings is 2. The van der Waals surface area contributed by atoms with E-state index in [4.69, 9.17) is 4.74 Å². The standard InChI is InChI=1S/C16H14BrFN2O4S/c1-9(10-2-4-11(18)5-3-10)20-25(22,23)15-7-14-13(6-12(15)17)19-16(21)8-24-14/h2-7,9,20H,8H2,1H3,(H,19,21)/t9-/m1/s1. The predicted molar refractivity (Wildman–Crippen MR) is 93.4 cm³/mol. The summed E-state index contributed by atoms with van der Waals surface area (Å²) in [6.07, 6.45) is 0. The van der Waals surface area contributed by atoms with E-state index in [2.05, 4.69) is 26.0 Å². The third-order valence-corrected chi connectivity index (χ3v) is 6.16. The summed E-state index contributed by atoms with van der Waals surface area (Å²) in [6.45, 7) is 1.49. The van der Waals surface area contributed by atoms with E-state index >= 15 is 0 Å². The molecular weight excluding hydrogens is 415 g/mol. The summed E-state index contributed by atoms with van der Waals surface area (Å²) < 4.78 is 46.5. The number of rotatable bonds is 4. The number of hydrogen-bond donors (Lipinski definition) is 2. The minimum absolute atomic E-state index is 0.0173. The SMILES string of the molecule is C[C@@H](NS(=O)(=O)c1cc2c(cc1Br)NC(=O)CO2)c1ccc(F)cc1. The molecule has 132 valence electrons. The molecule has 0 saturated heterocycles. The molecule has 1 heterocycles. The maximum absolute atomic E-state index is 13.0. The average molecular weight is 429 g/mol. The van der Waals surface area contributed by atoms with E-state index in [0.29, 0.717) is 11.3 Å². The number of ether oxygens (including phenoxy) is 1. The van der Waals surface area contributed by atoms with Crippen LogP contribution in [0.4, 0.5) is 10.1 Å². The lowest BCUT2D eigenvalue weighted by molar-refractivity contribution is -0.118. The Balaban J connectivity index is 1.89. The summed E-state index contributed by atoms with van der Waals surface area (Å²) >= 11 is 3.21. The number of anilines is 1. The monoisotopic (exact) mass is 428 g/mol. The zero-order valence-electron chi connectivity index (χ0n) is 13.0. The summed E-state index contributed by atoms with van der Waals surface area (Å²) in [6, 6.07) is 7.83. The van der Waals surface area contributed by atoms with Crippen molar-refractivity contribution in [3.05, 3.63) is 52.3 Å². The molecule has 1 aliphatic heterocycles. The van der Waals surface area contributed by atoms with Crippen LogP contribution in [-0.4, -0.2) is 20.9 Å². The van der Waals surface area contributed by atoms with Gasteiger partial charge in [0.25, 0.3) is 5.91 Å². The molecule has 0 aromatic heterocycles. The summed E-state index contributed by atoms with van der Waals surface area (Å²) in [5.74, 6) is -0.425. The molecule has 0 fully saturated rings. The van der Waals surface area contributed by atoms with Gasteiger partial charge in [0.15, 0.2) is 6.61 Å². The van der Waals surface area contributed by atoms with Gasteiger partial charge in [-0.2, -0.15) is 0 Å². The van der Waals surface area contributed by atoms with Gasteiger partial charge in [-0.05, 0) is 46.6 Å². The molecule has 0 aliphatic carbocycles. The highest BCUT2D eigenvalue weighted by atomic mass is 79.9. The van der Waals surface area contributed by atoms with Crippen LogP contribution in [0.15, 0.2) is 45.8 Å². The lowest BCUT2D eigenvalue weighted by atomic mass is 10.1. The molecule has 2 N–H and O–H groups in total. The van der Waals surface area contributed by atoms with E-state index in [-0.39, 0.29) is 27.6 Å². The lowest BCUT2D eigenvalue weighted by Gasteiger charge is -2.20. The maximum Gasteiger partial charge on any atom is 0.262 e. The van der Waals surface area contributed by atoms with Crippen LogP contribution < -0.4 is 14.8 Å². The van der Waals surface area contributed by atoms with Gasteiger partial charge in [0.2, 0.25) is 10.0 Å². The molecule has 1 amide bonds. The zero-order chi connectivity index (χ0) is 18.2. The summed E-state index contributed by atoms with van der Waals surface area (Å²) in [4.78, 5) is 11.3. The molecule has 9 heteroatoms. The van der Waals surface area contributed by atoms with Crippen LogP contribution in [0.1, 0.15) is 18.5 Å². The van der Waals surface area contributed by atoms with Crippen LogP contribution in [0.25, 0.3) is 0 Å². The molecule has 1 atom stereocenters. The number of halogens is 2.